The zero-order chi connectivity index (χ0) is 16.6. The van der Waals surface area contributed by atoms with Gasteiger partial charge in [0.2, 0.25) is 0 Å². The van der Waals surface area contributed by atoms with E-state index in [4.69, 9.17) is 11.6 Å². The van der Waals surface area contributed by atoms with Crippen molar-refractivity contribution >= 4 is 38.9 Å². The third kappa shape index (κ3) is 3.11. The lowest BCUT2D eigenvalue weighted by Gasteiger charge is -2.16. The number of rotatable bonds is 3. The molecule has 1 unspecified atom stereocenters. The second-order valence-corrected chi connectivity index (χ2v) is 8.77. The maximum Gasteiger partial charge on any atom is 0.267 e. The summed E-state index contributed by atoms with van der Waals surface area (Å²) in [5.41, 5.74) is 0.573. The van der Waals surface area contributed by atoms with Gasteiger partial charge in [-0.05, 0) is 49.1 Å². The van der Waals surface area contributed by atoms with E-state index in [2.05, 4.69) is 9.59 Å². The van der Waals surface area contributed by atoms with Gasteiger partial charge >= 0.3 is 0 Å². The number of carbonyl (C=O) groups is 1. The number of aromatic nitrogens is 2. The van der Waals surface area contributed by atoms with E-state index in [1.807, 2.05) is 0 Å². The number of nitrogens with zero attached hydrogens (tertiary/aromatic N) is 3. The number of amides is 1. The van der Waals surface area contributed by atoms with Crippen molar-refractivity contribution in [2.75, 3.05) is 13.1 Å². The summed E-state index contributed by atoms with van der Waals surface area (Å²) in [5.74, 6) is -0.202. The Morgan fingerprint density at radius 3 is 2.65 bits per heavy atom. The molecule has 0 radical (unpaired) electrons. The van der Waals surface area contributed by atoms with Gasteiger partial charge in [0.1, 0.15) is 4.88 Å². The van der Waals surface area contributed by atoms with Crippen LogP contribution in [0.15, 0.2) is 29.2 Å². The summed E-state index contributed by atoms with van der Waals surface area (Å²) in [7, 11) is -3.48. The number of halogens is 1. The Hall–Kier alpha value is -1.51. The van der Waals surface area contributed by atoms with Crippen molar-refractivity contribution in [3.05, 3.63) is 39.9 Å². The van der Waals surface area contributed by atoms with E-state index in [1.165, 1.54) is 12.1 Å². The summed E-state index contributed by atoms with van der Waals surface area (Å²) >= 11 is 6.83. The van der Waals surface area contributed by atoms with Crippen LogP contribution in [0.1, 0.15) is 21.8 Å². The average Bonchev–Trinajstić information content (AvgIpc) is 3.16. The first-order valence-electron chi connectivity index (χ1n) is 6.97. The Labute approximate surface area is 143 Å². The fraction of sp³-hybridized carbons (Fsp3) is 0.357. The SMILES string of the molecule is Cc1nnsc1C(=O)N1CCC(S(=O)(=O)c2ccc(Cl)cc2)C1. The van der Waals surface area contributed by atoms with Crippen LogP contribution in [0, 0.1) is 6.92 Å². The molecule has 1 atom stereocenters. The van der Waals surface area contributed by atoms with Crippen LogP contribution in [0.3, 0.4) is 0 Å². The molecule has 1 aromatic carbocycles. The van der Waals surface area contributed by atoms with Crippen LogP contribution < -0.4 is 0 Å². The molecule has 2 aromatic rings. The van der Waals surface area contributed by atoms with Crippen LogP contribution in [0.4, 0.5) is 0 Å². The number of carbonyl (C=O) groups excluding carboxylic acids is 1. The first-order chi connectivity index (χ1) is 10.9. The lowest BCUT2D eigenvalue weighted by Crippen LogP contribution is -2.31. The van der Waals surface area contributed by atoms with Crippen molar-refractivity contribution in [1.29, 1.82) is 0 Å². The summed E-state index contributed by atoms with van der Waals surface area (Å²) in [4.78, 5) is 14.7. The van der Waals surface area contributed by atoms with E-state index in [-0.39, 0.29) is 17.3 Å². The average molecular weight is 372 g/mol. The maximum absolute atomic E-state index is 12.7. The number of likely N-dealkylation sites (tertiary alicyclic amines) is 1. The maximum atomic E-state index is 12.7. The van der Waals surface area contributed by atoms with E-state index >= 15 is 0 Å². The molecule has 1 amide bonds. The van der Waals surface area contributed by atoms with Crippen molar-refractivity contribution in [2.45, 2.75) is 23.5 Å². The van der Waals surface area contributed by atoms with Gasteiger partial charge in [0, 0.05) is 18.1 Å². The lowest BCUT2D eigenvalue weighted by atomic mass is 10.3. The molecule has 0 aliphatic carbocycles. The summed E-state index contributed by atoms with van der Waals surface area (Å²) < 4.78 is 29.1. The lowest BCUT2D eigenvalue weighted by molar-refractivity contribution is 0.0797. The number of sulfone groups is 1. The molecule has 0 spiro atoms. The topological polar surface area (TPSA) is 80.2 Å². The molecule has 1 aromatic heterocycles. The minimum Gasteiger partial charge on any atom is -0.336 e. The predicted octanol–water partition coefficient (Wildman–Crippen LogP) is 2.19. The summed E-state index contributed by atoms with van der Waals surface area (Å²) in [6, 6.07) is 6.11. The fourth-order valence-electron chi connectivity index (χ4n) is 2.55. The Balaban J connectivity index is 1.78. The largest absolute Gasteiger partial charge is 0.336 e. The van der Waals surface area contributed by atoms with Crippen molar-refractivity contribution in [1.82, 2.24) is 14.5 Å². The van der Waals surface area contributed by atoms with Crippen LogP contribution in [0.5, 0.6) is 0 Å². The monoisotopic (exact) mass is 371 g/mol. The summed E-state index contributed by atoms with van der Waals surface area (Å²) in [6.45, 7) is 2.31. The highest BCUT2D eigenvalue weighted by Gasteiger charge is 2.37. The molecule has 1 aliphatic heterocycles. The molecule has 122 valence electrons. The molecule has 1 aliphatic rings. The first kappa shape index (κ1) is 16.4. The zero-order valence-corrected chi connectivity index (χ0v) is 14.7. The third-order valence-electron chi connectivity index (χ3n) is 3.86. The highest BCUT2D eigenvalue weighted by molar-refractivity contribution is 7.92. The number of hydrogen-bond donors (Lipinski definition) is 0. The van der Waals surface area contributed by atoms with Gasteiger partial charge in [0.15, 0.2) is 9.84 Å². The molecular weight excluding hydrogens is 358 g/mol. The van der Waals surface area contributed by atoms with Gasteiger partial charge in [-0.3, -0.25) is 4.79 Å². The molecule has 6 nitrogen and oxygen atoms in total. The summed E-state index contributed by atoms with van der Waals surface area (Å²) in [5, 5.41) is 3.71. The minimum atomic E-state index is -3.48. The van der Waals surface area contributed by atoms with Crippen LogP contribution in [-0.2, 0) is 9.84 Å². The smallest absolute Gasteiger partial charge is 0.267 e. The normalized spacial score (nSPS) is 18.3. The van der Waals surface area contributed by atoms with Crippen molar-refractivity contribution in [2.24, 2.45) is 0 Å². The molecule has 2 heterocycles. The van der Waals surface area contributed by atoms with Gasteiger partial charge in [-0.25, -0.2) is 8.42 Å². The second kappa shape index (κ2) is 6.18. The van der Waals surface area contributed by atoms with Crippen LogP contribution in [-0.4, -0.2) is 47.2 Å². The number of hydrogen-bond acceptors (Lipinski definition) is 6. The number of aryl methyl sites for hydroxylation is 1. The zero-order valence-electron chi connectivity index (χ0n) is 12.3. The quantitative estimate of drug-likeness (QED) is 0.826. The Morgan fingerprint density at radius 1 is 1.35 bits per heavy atom. The molecule has 3 rings (SSSR count). The standard InChI is InChI=1S/C14H14ClN3O3S2/c1-9-13(22-17-16-9)14(19)18-7-6-12(8-18)23(20,21)11-4-2-10(15)3-5-11/h2-5,12H,6-8H2,1H3. The van der Waals surface area contributed by atoms with Gasteiger partial charge in [0.05, 0.1) is 15.8 Å². The Kier molecular flexibility index (Phi) is 4.39. The molecule has 1 saturated heterocycles. The van der Waals surface area contributed by atoms with Crippen LogP contribution in [0.25, 0.3) is 0 Å². The molecule has 0 saturated carbocycles. The highest BCUT2D eigenvalue weighted by Crippen LogP contribution is 2.26. The van der Waals surface area contributed by atoms with Gasteiger partial charge in [-0.15, -0.1) is 5.10 Å². The molecule has 0 bridgehead atoms. The van der Waals surface area contributed by atoms with Gasteiger partial charge in [-0.2, -0.15) is 0 Å². The van der Waals surface area contributed by atoms with E-state index in [9.17, 15) is 13.2 Å². The Bertz CT molecular complexity index is 833. The van der Waals surface area contributed by atoms with Crippen molar-refractivity contribution in [3.63, 3.8) is 0 Å². The molecule has 23 heavy (non-hydrogen) atoms. The molecule has 0 N–H and O–H groups in total. The third-order valence-corrected chi connectivity index (χ3v) is 7.12. The molecule has 9 heteroatoms. The number of benzene rings is 1. The second-order valence-electron chi connectivity index (χ2n) is 5.35. The van der Waals surface area contributed by atoms with Gasteiger partial charge in [-0.1, -0.05) is 16.1 Å². The fourth-order valence-corrected chi connectivity index (χ4v) is 5.00. The molecular formula is C14H14ClN3O3S2. The van der Waals surface area contributed by atoms with E-state index in [1.54, 1.807) is 24.0 Å². The molecule has 1 fully saturated rings. The summed E-state index contributed by atoms with van der Waals surface area (Å²) in [6.07, 6.45) is 0.419. The van der Waals surface area contributed by atoms with Gasteiger partial charge < -0.3 is 4.90 Å². The van der Waals surface area contributed by atoms with Gasteiger partial charge in [0.25, 0.3) is 5.91 Å². The van der Waals surface area contributed by atoms with Crippen molar-refractivity contribution < 1.29 is 13.2 Å². The van der Waals surface area contributed by atoms with Crippen molar-refractivity contribution in [3.8, 4) is 0 Å². The highest BCUT2D eigenvalue weighted by atomic mass is 35.5. The Morgan fingerprint density at radius 2 is 2.04 bits per heavy atom. The van der Waals surface area contributed by atoms with E-state index < -0.39 is 15.1 Å². The van der Waals surface area contributed by atoms with E-state index in [0.29, 0.717) is 28.6 Å². The van der Waals surface area contributed by atoms with E-state index in [0.717, 1.165) is 11.5 Å². The van der Waals surface area contributed by atoms with Crippen LogP contribution in [0.2, 0.25) is 5.02 Å². The minimum absolute atomic E-state index is 0.182. The first-order valence-corrected chi connectivity index (χ1v) is 9.67. The van der Waals surface area contributed by atoms with Crippen LogP contribution >= 0.6 is 23.1 Å². The predicted molar refractivity (Wildman–Crippen MR) is 87.6 cm³/mol.